The van der Waals surface area contributed by atoms with Crippen LogP contribution in [0.25, 0.3) is 0 Å². The van der Waals surface area contributed by atoms with Crippen LogP contribution in [0.15, 0.2) is 0 Å². The van der Waals surface area contributed by atoms with Crippen molar-refractivity contribution in [2.75, 3.05) is 5.73 Å². The molecule has 1 heterocycles. The van der Waals surface area contributed by atoms with Crippen LogP contribution in [0.2, 0.25) is 0 Å². The zero-order chi connectivity index (χ0) is 5.28. The maximum atomic E-state index is 5.10. The van der Waals surface area contributed by atoms with E-state index < -0.39 is 0 Å². The van der Waals surface area contributed by atoms with Gasteiger partial charge in [-0.25, -0.2) is 0 Å². The summed E-state index contributed by atoms with van der Waals surface area (Å²) in [5.41, 5.74) is 5.10. The number of hydrogen-bond donors (Lipinski definition) is 1. The molecule has 0 bridgehead atoms. The second kappa shape index (κ2) is 5.90. The Morgan fingerprint density at radius 1 is 1.56 bits per heavy atom. The van der Waals surface area contributed by atoms with Gasteiger partial charge >= 0.3 is 0 Å². The van der Waals surface area contributed by atoms with Crippen LogP contribution >= 0.6 is 0 Å². The van der Waals surface area contributed by atoms with E-state index in [2.05, 4.69) is 16.4 Å². The van der Waals surface area contributed by atoms with Gasteiger partial charge in [0, 0.05) is 72.5 Å². The van der Waals surface area contributed by atoms with Gasteiger partial charge in [-0.3, -0.25) is 5.10 Å². The summed E-state index contributed by atoms with van der Waals surface area (Å²) in [5.74, 6) is 0.266. The molecule has 1 aromatic heterocycles. The predicted molar refractivity (Wildman–Crippen MR) is 24.3 cm³/mol. The molecule has 2 radical (unpaired) electrons. The number of nitrogens with zero attached hydrogens (tertiary/aromatic N) is 3. The topological polar surface area (TPSA) is 56.7 Å². The molecule has 0 aliphatic carbocycles. The normalized spacial score (nSPS) is 7.22. The van der Waals surface area contributed by atoms with Crippen molar-refractivity contribution in [1.29, 1.82) is 0 Å². The number of aromatic nitrogens is 3. The molecule has 0 unspecified atom stereocenters. The fourth-order valence-electron chi connectivity index (χ4n) is 0.322. The van der Waals surface area contributed by atoms with Crippen LogP contribution in [0.4, 0.5) is 5.95 Å². The molecule has 0 atom stereocenters. The van der Waals surface area contributed by atoms with Gasteiger partial charge in [0.25, 0.3) is 0 Å². The van der Waals surface area contributed by atoms with Crippen molar-refractivity contribution in [3.8, 4) is 0 Å². The molecule has 0 amide bonds. The van der Waals surface area contributed by atoms with Crippen LogP contribution in [0.3, 0.4) is 0 Å². The Labute approximate surface area is 104 Å². The summed E-state index contributed by atoms with van der Waals surface area (Å²) in [6.07, 6.45) is 2.50. The summed E-state index contributed by atoms with van der Waals surface area (Å²) in [4.78, 5) is 3.52. The first-order chi connectivity index (χ1) is 3.29. The zero-order valence-corrected chi connectivity index (χ0v) is 10.8. The molecule has 1 rings (SSSR count). The molecule has 0 saturated heterocycles. The van der Waals surface area contributed by atoms with Gasteiger partial charge in [0.05, 0.1) is 5.95 Å². The van der Waals surface area contributed by atoms with E-state index in [1.165, 1.54) is 4.68 Å². The van der Waals surface area contributed by atoms with E-state index in [4.69, 9.17) is 5.73 Å². The van der Waals surface area contributed by atoms with Crippen LogP contribution < -0.4 is 5.73 Å². The third-order valence-electron chi connectivity index (χ3n) is 0.562. The minimum absolute atomic E-state index is 0. The van der Waals surface area contributed by atoms with Gasteiger partial charge < -0.3 is 15.4 Å². The SMILES string of the molecule is Cn1[c-]nc(N)n1.[Y].[Y]. The fraction of sp³-hybridized carbons (Fsp3) is 0.333. The van der Waals surface area contributed by atoms with Gasteiger partial charge in [0.15, 0.2) is 0 Å². The molecule has 0 aliphatic heterocycles. The molecule has 0 fully saturated rings. The minimum Gasteiger partial charge on any atom is -0.444 e. The molecule has 2 N–H and O–H groups in total. The van der Waals surface area contributed by atoms with Gasteiger partial charge in [-0.15, -0.1) is 0 Å². The molecule has 0 aromatic carbocycles. The molecular formula is C3H5N4Y2-. The second-order valence-electron chi connectivity index (χ2n) is 1.19. The zero-order valence-electron chi connectivity index (χ0n) is 5.07. The summed E-state index contributed by atoms with van der Waals surface area (Å²) < 4.78 is 1.43. The number of anilines is 1. The Morgan fingerprint density at radius 2 is 2.11 bits per heavy atom. The maximum Gasteiger partial charge on any atom is 0.0787 e. The quantitative estimate of drug-likeness (QED) is 0.630. The van der Waals surface area contributed by atoms with Crippen LogP contribution in [-0.2, 0) is 72.5 Å². The van der Waals surface area contributed by atoms with Crippen LogP contribution in [0.1, 0.15) is 0 Å². The number of nitrogen functional groups attached to an aromatic ring is 1. The largest absolute Gasteiger partial charge is 0.444 e. The summed E-state index contributed by atoms with van der Waals surface area (Å²) in [6.45, 7) is 0. The van der Waals surface area contributed by atoms with Crippen molar-refractivity contribution >= 4 is 5.95 Å². The molecule has 6 heteroatoms. The van der Waals surface area contributed by atoms with Crippen molar-refractivity contribution in [3.63, 3.8) is 0 Å². The van der Waals surface area contributed by atoms with Gasteiger partial charge in [-0.2, -0.15) is 0 Å². The summed E-state index contributed by atoms with van der Waals surface area (Å²) in [7, 11) is 1.71. The van der Waals surface area contributed by atoms with Crippen molar-refractivity contribution in [1.82, 2.24) is 14.8 Å². The number of rotatable bonds is 0. The predicted octanol–water partition coefficient (Wildman–Crippen LogP) is -0.808. The first-order valence-corrected chi connectivity index (χ1v) is 1.83. The molecule has 0 aliphatic rings. The van der Waals surface area contributed by atoms with Crippen molar-refractivity contribution < 1.29 is 65.4 Å². The number of hydrogen-bond acceptors (Lipinski definition) is 3. The van der Waals surface area contributed by atoms with Crippen molar-refractivity contribution in [2.45, 2.75) is 0 Å². The number of nitrogens with two attached hydrogens (primary N) is 1. The van der Waals surface area contributed by atoms with E-state index in [9.17, 15) is 0 Å². The Kier molecular flexibility index (Phi) is 8.38. The first-order valence-electron chi connectivity index (χ1n) is 1.83. The average Bonchev–Trinajstić information content (AvgIpc) is 1.87. The van der Waals surface area contributed by atoms with Crippen LogP contribution in [0.5, 0.6) is 0 Å². The summed E-state index contributed by atoms with van der Waals surface area (Å²) in [5, 5.41) is 3.64. The Bertz CT molecular complexity index is 146. The van der Waals surface area contributed by atoms with Crippen LogP contribution in [-0.4, -0.2) is 14.8 Å². The Balaban J connectivity index is 0. The average molecular weight is 275 g/mol. The van der Waals surface area contributed by atoms with E-state index in [-0.39, 0.29) is 71.4 Å². The van der Waals surface area contributed by atoms with E-state index in [1.54, 1.807) is 7.05 Å². The monoisotopic (exact) mass is 275 g/mol. The van der Waals surface area contributed by atoms with Crippen LogP contribution in [0, 0.1) is 6.33 Å². The number of aryl methyl sites for hydroxylation is 1. The Hall–Kier alpha value is 1.15. The molecule has 0 spiro atoms. The first kappa shape index (κ1) is 12.8. The summed E-state index contributed by atoms with van der Waals surface area (Å²) >= 11 is 0. The molecule has 0 saturated carbocycles. The Morgan fingerprint density at radius 3 is 2.22 bits per heavy atom. The van der Waals surface area contributed by atoms with Crippen molar-refractivity contribution in [2.24, 2.45) is 7.05 Å². The molecule has 44 valence electrons. The fourth-order valence-corrected chi connectivity index (χ4v) is 0.322. The molecule has 9 heavy (non-hydrogen) atoms. The maximum absolute atomic E-state index is 5.10. The second-order valence-corrected chi connectivity index (χ2v) is 1.19. The smallest absolute Gasteiger partial charge is 0.0787 e. The standard InChI is InChI=1S/C3H5N4.2Y/c1-7-2-5-3(4)6-7;;/h1H3,(H2,4,6);;/q-1;;. The minimum atomic E-state index is 0. The van der Waals surface area contributed by atoms with E-state index in [0.717, 1.165) is 0 Å². The van der Waals surface area contributed by atoms with E-state index in [1.807, 2.05) is 0 Å². The molecular weight excluding hydrogens is 270 g/mol. The third kappa shape index (κ3) is 4.54. The molecule has 4 nitrogen and oxygen atoms in total. The summed E-state index contributed by atoms with van der Waals surface area (Å²) in [6, 6.07) is 0. The third-order valence-corrected chi connectivity index (χ3v) is 0.562. The van der Waals surface area contributed by atoms with Gasteiger partial charge in [-0.05, 0) is 6.33 Å². The van der Waals surface area contributed by atoms with Gasteiger partial charge in [-0.1, -0.05) is 0 Å². The van der Waals surface area contributed by atoms with Gasteiger partial charge in [0.1, 0.15) is 0 Å². The van der Waals surface area contributed by atoms with Crippen molar-refractivity contribution in [3.05, 3.63) is 6.33 Å². The molecule has 1 aromatic rings. The van der Waals surface area contributed by atoms with E-state index >= 15 is 0 Å². The van der Waals surface area contributed by atoms with Gasteiger partial charge in [0.2, 0.25) is 0 Å². The van der Waals surface area contributed by atoms with E-state index in [0.29, 0.717) is 0 Å².